The Kier molecular flexibility index (Phi) is 4.41. The summed E-state index contributed by atoms with van der Waals surface area (Å²) in [6, 6.07) is 2.51. The van der Waals surface area contributed by atoms with Crippen molar-refractivity contribution >= 4 is 38.3 Å². The third-order valence-electron chi connectivity index (χ3n) is 1.96. The van der Waals surface area contributed by atoms with E-state index in [2.05, 4.69) is 0 Å². The number of carbonyl (C=O) groups excluding carboxylic acids is 1. The van der Waals surface area contributed by atoms with Crippen molar-refractivity contribution in [1.82, 2.24) is 0 Å². The third kappa shape index (κ3) is 3.12. The minimum absolute atomic E-state index is 0.0178. The molecule has 0 N–H and O–H groups in total. The van der Waals surface area contributed by atoms with E-state index in [9.17, 15) is 13.2 Å². The Morgan fingerprint density at radius 1 is 1.41 bits per heavy atom. The fourth-order valence-electron chi connectivity index (χ4n) is 1.26. The molecule has 0 heterocycles. The summed E-state index contributed by atoms with van der Waals surface area (Å²) in [5, 5.41) is -0.856. The van der Waals surface area contributed by atoms with Crippen molar-refractivity contribution in [2.45, 2.75) is 11.8 Å². The van der Waals surface area contributed by atoms with Gasteiger partial charge >= 0.3 is 0 Å². The molecule has 0 spiro atoms. The smallest absolute Gasteiger partial charge is 0.254 e. The van der Waals surface area contributed by atoms with Crippen LogP contribution in [-0.4, -0.2) is 26.5 Å². The number of hydrogen-bond acceptors (Lipinski definition) is 4. The minimum Gasteiger partial charge on any atom is -0.491 e. The fraction of sp³-hybridized carbons (Fsp3) is 0.300. The highest BCUT2D eigenvalue weighted by atomic mass is 35.5. The molecule has 0 saturated carbocycles. The van der Waals surface area contributed by atoms with Crippen LogP contribution in [-0.2, 0) is 9.84 Å². The largest absolute Gasteiger partial charge is 0.491 e. The Balaban J connectivity index is 3.56. The van der Waals surface area contributed by atoms with Gasteiger partial charge in [0, 0.05) is 6.26 Å². The molecule has 0 fully saturated rings. The van der Waals surface area contributed by atoms with E-state index in [1.807, 2.05) is 0 Å². The van der Waals surface area contributed by atoms with Gasteiger partial charge in [0.15, 0.2) is 15.6 Å². The number of hydrogen-bond donors (Lipinski definition) is 0. The number of ether oxygens (including phenoxy) is 1. The molecular weight excluding hydrogens is 287 g/mol. The van der Waals surface area contributed by atoms with Crippen LogP contribution in [0.2, 0.25) is 5.02 Å². The van der Waals surface area contributed by atoms with Crippen molar-refractivity contribution in [3.8, 4) is 5.75 Å². The second kappa shape index (κ2) is 5.25. The summed E-state index contributed by atoms with van der Waals surface area (Å²) < 4.78 is 28.2. The molecule has 17 heavy (non-hydrogen) atoms. The number of sulfone groups is 1. The highest BCUT2D eigenvalue weighted by molar-refractivity contribution is 7.90. The molecule has 1 aromatic carbocycles. The van der Waals surface area contributed by atoms with Gasteiger partial charge in [-0.2, -0.15) is 0 Å². The fourth-order valence-corrected chi connectivity index (χ4v) is 2.64. The van der Waals surface area contributed by atoms with Gasteiger partial charge in [0.25, 0.3) is 5.24 Å². The normalized spacial score (nSPS) is 11.3. The Hall–Kier alpha value is -0.780. The van der Waals surface area contributed by atoms with Gasteiger partial charge in [0.1, 0.15) is 4.90 Å². The molecule has 0 aliphatic heterocycles. The van der Waals surface area contributed by atoms with Gasteiger partial charge in [-0.05, 0) is 30.7 Å². The molecule has 94 valence electrons. The lowest BCUT2D eigenvalue weighted by atomic mass is 10.2. The Bertz CT molecular complexity index is 552. The highest BCUT2D eigenvalue weighted by Crippen LogP contribution is 2.35. The van der Waals surface area contributed by atoms with E-state index in [4.69, 9.17) is 27.9 Å². The standard InChI is InChI=1S/C10H10Cl2O4S/c1-3-16-9-7(17(2,14)15)5-4-6(8(9)11)10(12)13/h4-5H,3H2,1-2H3. The summed E-state index contributed by atoms with van der Waals surface area (Å²) in [5.74, 6) is -0.0387. The van der Waals surface area contributed by atoms with Gasteiger partial charge in [0.2, 0.25) is 0 Å². The zero-order valence-corrected chi connectivity index (χ0v) is 11.5. The predicted octanol–water partition coefficient (Wildman–Crippen LogP) is 2.52. The minimum atomic E-state index is -3.48. The molecule has 4 nitrogen and oxygen atoms in total. The van der Waals surface area contributed by atoms with Crippen molar-refractivity contribution in [2.24, 2.45) is 0 Å². The second-order valence-electron chi connectivity index (χ2n) is 3.23. The molecule has 1 rings (SSSR count). The summed E-state index contributed by atoms with van der Waals surface area (Å²) >= 11 is 11.2. The maximum absolute atomic E-state index is 11.5. The third-order valence-corrected chi connectivity index (χ3v) is 3.66. The maximum Gasteiger partial charge on any atom is 0.254 e. The van der Waals surface area contributed by atoms with Crippen LogP contribution in [0.5, 0.6) is 5.75 Å². The lowest BCUT2D eigenvalue weighted by Crippen LogP contribution is -2.05. The first kappa shape index (κ1) is 14.3. The monoisotopic (exact) mass is 296 g/mol. The molecule has 1 aromatic rings. The highest BCUT2D eigenvalue weighted by Gasteiger charge is 2.22. The van der Waals surface area contributed by atoms with Crippen molar-refractivity contribution < 1.29 is 17.9 Å². The van der Waals surface area contributed by atoms with E-state index in [0.29, 0.717) is 0 Å². The SMILES string of the molecule is CCOc1c(S(C)(=O)=O)ccc(C(=O)Cl)c1Cl. The lowest BCUT2D eigenvalue weighted by Gasteiger charge is -2.12. The summed E-state index contributed by atoms with van der Waals surface area (Å²) in [6.45, 7) is 1.90. The Labute approximate surface area is 109 Å². The molecule has 0 aromatic heterocycles. The zero-order valence-electron chi connectivity index (χ0n) is 9.16. The first-order chi connectivity index (χ1) is 7.79. The first-order valence-corrected chi connectivity index (χ1v) is 7.29. The van der Waals surface area contributed by atoms with Crippen LogP contribution >= 0.6 is 23.2 Å². The van der Waals surface area contributed by atoms with E-state index in [-0.39, 0.29) is 27.8 Å². The van der Waals surface area contributed by atoms with Crippen molar-refractivity contribution in [3.63, 3.8) is 0 Å². The van der Waals surface area contributed by atoms with E-state index in [1.54, 1.807) is 6.92 Å². The average molecular weight is 297 g/mol. The average Bonchev–Trinajstić information content (AvgIpc) is 2.18. The topological polar surface area (TPSA) is 60.4 Å². The number of rotatable bonds is 4. The molecule has 0 radical (unpaired) electrons. The van der Waals surface area contributed by atoms with Gasteiger partial charge in [-0.1, -0.05) is 11.6 Å². The zero-order chi connectivity index (χ0) is 13.2. The van der Waals surface area contributed by atoms with Gasteiger partial charge in [0.05, 0.1) is 17.2 Å². The first-order valence-electron chi connectivity index (χ1n) is 4.64. The van der Waals surface area contributed by atoms with Gasteiger partial charge < -0.3 is 4.74 Å². The summed E-state index contributed by atoms with van der Waals surface area (Å²) in [4.78, 5) is 11.0. The molecular formula is C10H10Cl2O4S. The molecule has 0 aliphatic carbocycles. The molecule has 0 saturated heterocycles. The molecule has 0 unspecified atom stereocenters. The van der Waals surface area contributed by atoms with Crippen LogP contribution in [0.4, 0.5) is 0 Å². The van der Waals surface area contributed by atoms with Crippen LogP contribution in [0.25, 0.3) is 0 Å². The molecule has 7 heteroatoms. The second-order valence-corrected chi connectivity index (χ2v) is 5.94. The quantitative estimate of drug-likeness (QED) is 0.801. The summed E-state index contributed by atoms with van der Waals surface area (Å²) in [7, 11) is -3.48. The van der Waals surface area contributed by atoms with E-state index in [0.717, 1.165) is 6.26 Å². The number of benzene rings is 1. The molecule has 0 amide bonds. The van der Waals surface area contributed by atoms with Crippen molar-refractivity contribution in [3.05, 3.63) is 22.7 Å². The summed E-state index contributed by atoms with van der Waals surface area (Å²) in [6.07, 6.45) is 1.03. The Morgan fingerprint density at radius 2 is 2.00 bits per heavy atom. The van der Waals surface area contributed by atoms with Crippen LogP contribution in [0, 0.1) is 0 Å². The van der Waals surface area contributed by atoms with Crippen LogP contribution in [0.15, 0.2) is 17.0 Å². The van der Waals surface area contributed by atoms with Gasteiger partial charge in [-0.3, -0.25) is 4.79 Å². The van der Waals surface area contributed by atoms with Crippen LogP contribution < -0.4 is 4.74 Å². The van der Waals surface area contributed by atoms with Crippen LogP contribution in [0.1, 0.15) is 17.3 Å². The molecule has 0 atom stereocenters. The maximum atomic E-state index is 11.5. The van der Waals surface area contributed by atoms with Gasteiger partial charge in [-0.15, -0.1) is 0 Å². The van der Waals surface area contributed by atoms with E-state index in [1.165, 1.54) is 12.1 Å². The molecule has 0 aliphatic rings. The number of carbonyl (C=O) groups is 1. The lowest BCUT2D eigenvalue weighted by molar-refractivity contribution is 0.108. The van der Waals surface area contributed by atoms with Crippen LogP contribution in [0.3, 0.4) is 0 Å². The molecule has 0 bridgehead atoms. The summed E-state index contributed by atoms with van der Waals surface area (Å²) in [5.41, 5.74) is 0.0178. The number of halogens is 2. The predicted molar refractivity (Wildman–Crippen MR) is 65.9 cm³/mol. The Morgan fingerprint density at radius 3 is 2.41 bits per heavy atom. The van der Waals surface area contributed by atoms with Crippen molar-refractivity contribution in [2.75, 3.05) is 12.9 Å². The van der Waals surface area contributed by atoms with E-state index >= 15 is 0 Å². The van der Waals surface area contributed by atoms with Gasteiger partial charge in [-0.25, -0.2) is 8.42 Å². The van der Waals surface area contributed by atoms with Crippen molar-refractivity contribution in [1.29, 1.82) is 0 Å². The van der Waals surface area contributed by atoms with E-state index < -0.39 is 15.1 Å².